The number of carbonyl (C=O) groups is 4. The molecule has 238 valence electrons. The Morgan fingerprint density at radius 2 is 1.67 bits per heavy atom. The number of hydrogen-bond acceptors (Lipinski definition) is 6. The maximum atomic E-state index is 14.4. The second-order valence-corrected chi connectivity index (χ2v) is 11.8. The van der Waals surface area contributed by atoms with Crippen LogP contribution in [0.2, 0.25) is 0 Å². The van der Waals surface area contributed by atoms with Crippen LogP contribution >= 0.6 is 0 Å². The lowest BCUT2D eigenvalue weighted by molar-refractivity contribution is -0.153. The molecule has 6 rings (SSSR count). The van der Waals surface area contributed by atoms with Crippen LogP contribution < -0.4 is 10.1 Å². The van der Waals surface area contributed by atoms with Crippen molar-refractivity contribution in [3.63, 3.8) is 0 Å². The van der Waals surface area contributed by atoms with E-state index < -0.39 is 18.0 Å². The highest BCUT2D eigenvalue weighted by molar-refractivity contribution is 6.03. The van der Waals surface area contributed by atoms with Gasteiger partial charge in [-0.05, 0) is 55.2 Å². The number of esters is 1. The van der Waals surface area contributed by atoms with Crippen LogP contribution in [0.5, 0.6) is 11.5 Å². The Morgan fingerprint density at radius 3 is 2.41 bits per heavy atom. The summed E-state index contributed by atoms with van der Waals surface area (Å²) < 4.78 is 11.3. The second-order valence-electron chi connectivity index (χ2n) is 11.8. The third kappa shape index (κ3) is 6.33. The summed E-state index contributed by atoms with van der Waals surface area (Å²) in [5, 5.41) is 2.99. The fourth-order valence-corrected chi connectivity index (χ4v) is 6.48. The lowest BCUT2D eigenvalue weighted by atomic mass is 9.95. The van der Waals surface area contributed by atoms with Crippen molar-refractivity contribution >= 4 is 23.8 Å². The van der Waals surface area contributed by atoms with Crippen LogP contribution in [0, 0.1) is 5.92 Å². The normalized spacial score (nSPS) is 20.3. The van der Waals surface area contributed by atoms with Crippen molar-refractivity contribution in [2.45, 2.75) is 38.3 Å². The number of nitrogens with one attached hydrogen (secondary N) is 1. The number of para-hydroxylation sites is 1. The monoisotopic (exact) mass is 622 g/mol. The summed E-state index contributed by atoms with van der Waals surface area (Å²) in [6.45, 7) is 2.89. The van der Waals surface area contributed by atoms with Crippen LogP contribution in [-0.2, 0) is 25.5 Å². The van der Waals surface area contributed by atoms with Crippen molar-refractivity contribution in [1.82, 2.24) is 20.0 Å². The molecular formula is C36H38N4O6. The molecule has 1 fully saturated rings. The quantitative estimate of drug-likeness (QED) is 0.347. The number of carbonyl (C=O) groups excluding carboxylic acids is 4. The van der Waals surface area contributed by atoms with Gasteiger partial charge < -0.3 is 24.6 Å². The van der Waals surface area contributed by atoms with Gasteiger partial charge in [0.25, 0.3) is 5.91 Å². The lowest BCUT2D eigenvalue weighted by Gasteiger charge is -2.37. The average Bonchev–Trinajstić information content (AvgIpc) is 3.43. The van der Waals surface area contributed by atoms with E-state index in [2.05, 4.69) is 5.32 Å². The van der Waals surface area contributed by atoms with Gasteiger partial charge in [0.1, 0.15) is 17.5 Å². The van der Waals surface area contributed by atoms with E-state index in [-0.39, 0.29) is 43.5 Å². The summed E-state index contributed by atoms with van der Waals surface area (Å²) in [6, 6.07) is 24.4. The minimum Gasteiger partial charge on any atom is -0.466 e. The molecule has 0 unspecified atom stereocenters. The fraction of sp³-hybridized carbons (Fsp3) is 0.333. The highest BCUT2D eigenvalue weighted by Crippen LogP contribution is 2.38. The molecule has 3 aliphatic rings. The van der Waals surface area contributed by atoms with Crippen molar-refractivity contribution in [2.24, 2.45) is 5.92 Å². The molecule has 0 saturated carbocycles. The van der Waals surface area contributed by atoms with Gasteiger partial charge in [0.15, 0.2) is 0 Å². The van der Waals surface area contributed by atoms with Gasteiger partial charge in [-0.3, -0.25) is 19.3 Å². The van der Waals surface area contributed by atoms with Gasteiger partial charge in [0.05, 0.1) is 36.4 Å². The van der Waals surface area contributed by atoms with Gasteiger partial charge >= 0.3 is 12.0 Å². The van der Waals surface area contributed by atoms with Crippen molar-refractivity contribution in [3.8, 4) is 11.5 Å². The second kappa shape index (κ2) is 13.5. The number of urea groups is 1. The molecule has 0 spiro atoms. The Hall–Kier alpha value is -5.12. The molecule has 0 aromatic heterocycles. The number of benzene rings is 3. The topological polar surface area (TPSA) is 108 Å². The largest absolute Gasteiger partial charge is 0.466 e. The number of likely N-dealkylation sites (tertiary alicyclic amines) is 1. The Bertz CT molecular complexity index is 1640. The van der Waals surface area contributed by atoms with E-state index >= 15 is 0 Å². The Morgan fingerprint density at radius 1 is 0.957 bits per heavy atom. The molecule has 3 aliphatic heterocycles. The highest BCUT2D eigenvalue weighted by atomic mass is 16.5. The number of ether oxygens (including phenoxy) is 2. The lowest BCUT2D eigenvalue weighted by Crippen LogP contribution is -2.54. The molecule has 3 aromatic rings. The first-order valence-corrected chi connectivity index (χ1v) is 15.7. The minimum atomic E-state index is -0.835. The molecule has 3 heterocycles. The van der Waals surface area contributed by atoms with E-state index in [0.717, 1.165) is 5.56 Å². The zero-order valence-electron chi connectivity index (χ0n) is 26.1. The number of piperidine rings is 1. The molecule has 1 saturated heterocycles. The maximum Gasteiger partial charge on any atom is 0.322 e. The van der Waals surface area contributed by atoms with E-state index in [4.69, 9.17) is 9.47 Å². The van der Waals surface area contributed by atoms with Crippen LogP contribution in [0.15, 0.2) is 96.2 Å². The van der Waals surface area contributed by atoms with Crippen molar-refractivity contribution in [1.29, 1.82) is 0 Å². The number of rotatable bonds is 9. The van der Waals surface area contributed by atoms with Gasteiger partial charge in [-0.15, -0.1) is 0 Å². The summed E-state index contributed by atoms with van der Waals surface area (Å²) >= 11 is 0. The molecule has 0 radical (unpaired) electrons. The van der Waals surface area contributed by atoms with Crippen LogP contribution in [0.1, 0.15) is 36.9 Å². The zero-order chi connectivity index (χ0) is 32.2. The van der Waals surface area contributed by atoms with Gasteiger partial charge in [-0.2, -0.15) is 0 Å². The predicted octanol–water partition coefficient (Wildman–Crippen LogP) is 4.68. The van der Waals surface area contributed by atoms with E-state index in [1.807, 2.05) is 84.9 Å². The maximum absolute atomic E-state index is 14.4. The predicted molar refractivity (Wildman–Crippen MR) is 171 cm³/mol. The van der Waals surface area contributed by atoms with E-state index in [1.54, 1.807) is 23.8 Å². The molecule has 10 nitrogen and oxygen atoms in total. The molecule has 46 heavy (non-hydrogen) atoms. The molecule has 4 amide bonds. The minimum absolute atomic E-state index is 0.104. The van der Waals surface area contributed by atoms with Crippen LogP contribution in [-0.4, -0.2) is 77.8 Å². The SMILES string of the molecule is CCOC(=O)[C@@H]1CCCN(C(=O)[C@H](Cc2ccccc2)N2CC3=C(C2=O)[C@H](c2cccc(Oc4ccccc4)c2)NC(=O)N3C)C1. The fourth-order valence-electron chi connectivity index (χ4n) is 6.48. The Labute approximate surface area is 268 Å². The van der Waals surface area contributed by atoms with Crippen molar-refractivity contribution < 1.29 is 28.7 Å². The smallest absolute Gasteiger partial charge is 0.322 e. The summed E-state index contributed by atoms with van der Waals surface area (Å²) in [4.78, 5) is 59.3. The summed E-state index contributed by atoms with van der Waals surface area (Å²) in [7, 11) is 1.63. The van der Waals surface area contributed by atoms with Crippen molar-refractivity contribution in [2.75, 3.05) is 33.3 Å². The van der Waals surface area contributed by atoms with Crippen LogP contribution in [0.4, 0.5) is 4.79 Å². The van der Waals surface area contributed by atoms with E-state index in [9.17, 15) is 19.2 Å². The zero-order valence-corrected chi connectivity index (χ0v) is 26.1. The molecule has 0 bridgehead atoms. The van der Waals surface area contributed by atoms with Gasteiger partial charge in [0.2, 0.25) is 5.91 Å². The van der Waals surface area contributed by atoms with Crippen LogP contribution in [0.25, 0.3) is 0 Å². The number of amides is 4. The van der Waals surface area contributed by atoms with Gasteiger partial charge in [-0.25, -0.2) is 4.79 Å². The third-order valence-corrected chi connectivity index (χ3v) is 8.84. The summed E-state index contributed by atoms with van der Waals surface area (Å²) in [5.41, 5.74) is 2.58. The molecular weight excluding hydrogens is 584 g/mol. The summed E-state index contributed by atoms with van der Waals surface area (Å²) in [6.07, 6.45) is 1.61. The molecule has 1 N–H and O–H groups in total. The standard InChI is InChI=1S/C36H38N4O6/c1-3-45-35(43)26-15-11-19-39(22-26)33(41)29(20-24-12-6-4-7-13-24)40-23-30-31(34(40)42)32(37-36(44)38(30)2)25-14-10-18-28(21-25)46-27-16-8-5-9-17-27/h4-10,12-14,16-18,21,26,29,32H,3,11,15,19-20,22-23H2,1-2H3,(H,37,44)/t26-,29+,32+/m1/s1. The van der Waals surface area contributed by atoms with Gasteiger partial charge in [-0.1, -0.05) is 60.7 Å². The molecule has 3 aromatic carbocycles. The number of hydrogen-bond donors (Lipinski definition) is 1. The molecule has 10 heteroatoms. The van der Waals surface area contributed by atoms with E-state index in [0.29, 0.717) is 54.1 Å². The van der Waals surface area contributed by atoms with E-state index in [1.165, 1.54) is 4.90 Å². The first-order valence-electron chi connectivity index (χ1n) is 15.7. The average molecular weight is 623 g/mol. The van der Waals surface area contributed by atoms with Crippen molar-refractivity contribution in [3.05, 3.63) is 107 Å². The highest BCUT2D eigenvalue weighted by Gasteiger charge is 2.47. The Kier molecular flexibility index (Phi) is 9.05. The first kappa shape index (κ1) is 30.9. The first-order chi connectivity index (χ1) is 22.3. The third-order valence-electron chi connectivity index (χ3n) is 8.84. The number of nitrogens with zero attached hydrogens (tertiary/aromatic N) is 3. The molecule has 3 atom stereocenters. The van der Waals surface area contributed by atoms with Gasteiger partial charge in [0, 0.05) is 26.6 Å². The number of likely N-dealkylation sites (N-methyl/N-ethyl adjacent to an activating group) is 1. The summed E-state index contributed by atoms with van der Waals surface area (Å²) in [5.74, 6) is -0.00268. The Balaban J connectivity index is 1.30. The molecule has 0 aliphatic carbocycles. The van der Waals surface area contributed by atoms with Crippen LogP contribution in [0.3, 0.4) is 0 Å².